The van der Waals surface area contributed by atoms with Gasteiger partial charge in [0.2, 0.25) is 0 Å². The van der Waals surface area contributed by atoms with Gasteiger partial charge >= 0.3 is 0 Å². The number of nitrogens with zero attached hydrogens (tertiary/aromatic N) is 2. The molecule has 142 valence electrons. The number of carbonyl (C=O) groups excluding carboxylic acids is 1. The van der Waals surface area contributed by atoms with Gasteiger partial charge in [-0.15, -0.1) is 0 Å². The van der Waals surface area contributed by atoms with Crippen molar-refractivity contribution in [3.05, 3.63) is 30.1 Å². The first-order valence-corrected chi connectivity index (χ1v) is 10.2. The van der Waals surface area contributed by atoms with Gasteiger partial charge in [0.15, 0.2) is 0 Å². The van der Waals surface area contributed by atoms with Crippen LogP contribution in [0.2, 0.25) is 0 Å². The van der Waals surface area contributed by atoms with Crippen LogP contribution in [0.15, 0.2) is 24.5 Å². The van der Waals surface area contributed by atoms with E-state index in [9.17, 15) is 4.79 Å². The van der Waals surface area contributed by atoms with Crippen molar-refractivity contribution < 1.29 is 14.3 Å². The summed E-state index contributed by atoms with van der Waals surface area (Å²) in [5.74, 6) is 0.809. The number of ether oxygens (including phenoxy) is 2. The van der Waals surface area contributed by atoms with Gasteiger partial charge < -0.3 is 14.4 Å². The molecule has 3 heterocycles. The van der Waals surface area contributed by atoms with Crippen LogP contribution in [-0.4, -0.2) is 54.8 Å². The van der Waals surface area contributed by atoms with E-state index in [0.717, 1.165) is 51.5 Å². The largest absolute Gasteiger partial charge is 0.380 e. The molecule has 2 saturated heterocycles. The highest BCUT2D eigenvalue weighted by Crippen LogP contribution is 2.41. The number of hydrogen-bond donors (Lipinski definition) is 0. The Labute approximate surface area is 156 Å². The number of pyridine rings is 1. The first-order chi connectivity index (χ1) is 12.8. The molecule has 26 heavy (non-hydrogen) atoms. The average molecular weight is 358 g/mol. The Kier molecular flexibility index (Phi) is 5.55. The highest BCUT2D eigenvalue weighted by Gasteiger charge is 2.47. The Hall–Kier alpha value is -1.46. The van der Waals surface area contributed by atoms with E-state index in [2.05, 4.69) is 4.98 Å². The number of hydrogen-bond acceptors (Lipinski definition) is 4. The maximum Gasteiger partial charge on any atom is 0.255 e. The van der Waals surface area contributed by atoms with Gasteiger partial charge in [0, 0.05) is 44.1 Å². The molecule has 5 heteroatoms. The number of aromatic nitrogens is 1. The highest BCUT2D eigenvalue weighted by atomic mass is 16.5. The van der Waals surface area contributed by atoms with Gasteiger partial charge in [-0.1, -0.05) is 12.8 Å². The van der Waals surface area contributed by atoms with Crippen LogP contribution in [0.3, 0.4) is 0 Å². The van der Waals surface area contributed by atoms with Crippen molar-refractivity contribution in [1.29, 1.82) is 0 Å². The Morgan fingerprint density at radius 2 is 2.19 bits per heavy atom. The first-order valence-electron chi connectivity index (χ1n) is 10.2. The second-order valence-electron chi connectivity index (χ2n) is 8.25. The molecule has 1 amide bonds. The summed E-state index contributed by atoms with van der Waals surface area (Å²) in [6.07, 6.45) is 11.9. The summed E-state index contributed by atoms with van der Waals surface area (Å²) in [6, 6.07) is 3.67. The molecule has 4 rings (SSSR count). The third-order valence-corrected chi connectivity index (χ3v) is 6.40. The van der Waals surface area contributed by atoms with E-state index in [1.165, 1.54) is 25.7 Å². The molecule has 5 nitrogen and oxygen atoms in total. The van der Waals surface area contributed by atoms with E-state index in [0.29, 0.717) is 12.2 Å². The fourth-order valence-corrected chi connectivity index (χ4v) is 4.95. The molecular weight excluding hydrogens is 328 g/mol. The molecule has 1 saturated carbocycles. The molecule has 2 atom stereocenters. The lowest BCUT2D eigenvalue weighted by atomic mass is 9.73. The molecule has 0 radical (unpaired) electrons. The Balaban J connectivity index is 1.43. The molecule has 3 aliphatic rings. The molecule has 0 N–H and O–H groups in total. The van der Waals surface area contributed by atoms with E-state index in [-0.39, 0.29) is 17.4 Å². The van der Waals surface area contributed by atoms with Crippen molar-refractivity contribution in [2.24, 2.45) is 11.3 Å². The van der Waals surface area contributed by atoms with Crippen molar-refractivity contribution in [3.63, 3.8) is 0 Å². The Morgan fingerprint density at radius 3 is 3.00 bits per heavy atom. The van der Waals surface area contributed by atoms with Crippen LogP contribution in [0, 0.1) is 11.3 Å². The van der Waals surface area contributed by atoms with Gasteiger partial charge in [0.1, 0.15) is 0 Å². The van der Waals surface area contributed by atoms with Crippen LogP contribution in [0.1, 0.15) is 55.3 Å². The van der Waals surface area contributed by atoms with E-state index < -0.39 is 0 Å². The lowest BCUT2D eigenvalue weighted by molar-refractivity contribution is -0.148. The van der Waals surface area contributed by atoms with Crippen molar-refractivity contribution in [2.75, 3.05) is 32.9 Å². The molecule has 1 aliphatic carbocycles. The third-order valence-electron chi connectivity index (χ3n) is 6.40. The summed E-state index contributed by atoms with van der Waals surface area (Å²) in [5.41, 5.74) is 0.622. The molecule has 0 bridgehead atoms. The molecule has 2 aliphatic heterocycles. The Morgan fingerprint density at radius 1 is 1.31 bits per heavy atom. The number of piperidine rings is 1. The average Bonchev–Trinajstić information content (AvgIpc) is 3.21. The van der Waals surface area contributed by atoms with Gasteiger partial charge in [-0.2, -0.15) is 0 Å². The standard InChI is InChI=1S/C21H30N2O3/c24-20(18-7-3-10-22-13-18)23-11-8-19-21(15-23,9-4-12-26-19)16-25-14-17-5-1-2-6-17/h3,7,10,13,17,19H,1-2,4-6,8-9,11-12,14-16H2/t19-,21+/m0/s1. The number of rotatable bonds is 5. The second-order valence-corrected chi connectivity index (χ2v) is 8.25. The minimum Gasteiger partial charge on any atom is -0.380 e. The minimum absolute atomic E-state index is 0.0486. The topological polar surface area (TPSA) is 51.7 Å². The zero-order valence-corrected chi connectivity index (χ0v) is 15.6. The van der Waals surface area contributed by atoms with Crippen LogP contribution >= 0.6 is 0 Å². The van der Waals surface area contributed by atoms with Gasteiger partial charge in [-0.25, -0.2) is 0 Å². The van der Waals surface area contributed by atoms with Crippen molar-refractivity contribution >= 4 is 5.91 Å². The maximum atomic E-state index is 12.9. The van der Waals surface area contributed by atoms with E-state index in [4.69, 9.17) is 9.47 Å². The fraction of sp³-hybridized carbons (Fsp3) is 0.714. The van der Waals surface area contributed by atoms with Gasteiger partial charge in [0.05, 0.1) is 18.3 Å². The van der Waals surface area contributed by atoms with Crippen LogP contribution < -0.4 is 0 Å². The SMILES string of the molecule is O=C(c1cccnc1)N1CC[C@@H]2OCCC[C@]2(COCC2CCCC2)C1. The summed E-state index contributed by atoms with van der Waals surface area (Å²) in [6.45, 7) is 3.90. The molecule has 0 unspecified atom stereocenters. The number of fused-ring (bicyclic) bond motifs is 1. The normalized spacial score (nSPS) is 29.5. The predicted molar refractivity (Wildman–Crippen MR) is 98.9 cm³/mol. The molecular formula is C21H30N2O3. The van der Waals surface area contributed by atoms with Crippen LogP contribution in [0.4, 0.5) is 0 Å². The zero-order valence-electron chi connectivity index (χ0n) is 15.6. The first kappa shape index (κ1) is 17.9. The van der Waals surface area contributed by atoms with Crippen LogP contribution in [0.25, 0.3) is 0 Å². The molecule has 0 spiro atoms. The number of amides is 1. The highest BCUT2D eigenvalue weighted by molar-refractivity contribution is 5.94. The van der Waals surface area contributed by atoms with Gasteiger partial charge in [0.25, 0.3) is 5.91 Å². The Bertz CT molecular complexity index is 603. The van der Waals surface area contributed by atoms with E-state index in [1.54, 1.807) is 12.4 Å². The van der Waals surface area contributed by atoms with Crippen molar-refractivity contribution in [3.8, 4) is 0 Å². The van der Waals surface area contributed by atoms with Crippen LogP contribution in [0.5, 0.6) is 0 Å². The second kappa shape index (κ2) is 8.05. The molecule has 0 aromatic carbocycles. The summed E-state index contributed by atoms with van der Waals surface area (Å²) >= 11 is 0. The van der Waals surface area contributed by atoms with Crippen molar-refractivity contribution in [1.82, 2.24) is 9.88 Å². The number of carbonyl (C=O) groups is 1. The fourth-order valence-electron chi connectivity index (χ4n) is 4.95. The number of likely N-dealkylation sites (tertiary alicyclic amines) is 1. The minimum atomic E-state index is -0.0486. The summed E-state index contributed by atoms with van der Waals surface area (Å²) < 4.78 is 12.3. The van der Waals surface area contributed by atoms with E-state index >= 15 is 0 Å². The summed E-state index contributed by atoms with van der Waals surface area (Å²) in [4.78, 5) is 19.0. The summed E-state index contributed by atoms with van der Waals surface area (Å²) in [5, 5.41) is 0. The van der Waals surface area contributed by atoms with Crippen LogP contribution in [-0.2, 0) is 9.47 Å². The monoisotopic (exact) mass is 358 g/mol. The smallest absolute Gasteiger partial charge is 0.255 e. The zero-order chi connectivity index (χ0) is 17.8. The lowest BCUT2D eigenvalue weighted by Gasteiger charge is -2.50. The molecule has 1 aromatic rings. The maximum absolute atomic E-state index is 12.9. The van der Waals surface area contributed by atoms with Gasteiger partial charge in [-0.05, 0) is 50.2 Å². The quantitative estimate of drug-likeness (QED) is 0.810. The third kappa shape index (κ3) is 3.79. The summed E-state index contributed by atoms with van der Waals surface area (Å²) in [7, 11) is 0. The predicted octanol–water partition coefficient (Wildman–Crippen LogP) is 3.30. The van der Waals surface area contributed by atoms with Gasteiger partial charge in [-0.3, -0.25) is 9.78 Å². The van der Waals surface area contributed by atoms with E-state index in [1.807, 2.05) is 17.0 Å². The lowest BCUT2D eigenvalue weighted by Crippen LogP contribution is -2.58. The molecule has 3 fully saturated rings. The molecule has 1 aromatic heterocycles. The van der Waals surface area contributed by atoms with Crippen molar-refractivity contribution in [2.45, 2.75) is 51.0 Å².